The molecular weight excluding hydrogens is 373 g/mol. The molecule has 3 heterocycles. The summed E-state index contributed by atoms with van der Waals surface area (Å²) in [5.41, 5.74) is 0.988. The summed E-state index contributed by atoms with van der Waals surface area (Å²) in [5, 5.41) is 7.34. The summed E-state index contributed by atoms with van der Waals surface area (Å²) in [4.78, 5) is 21.2. The summed E-state index contributed by atoms with van der Waals surface area (Å²) in [6.07, 6.45) is -1.92. The van der Waals surface area contributed by atoms with E-state index < -0.39 is 11.9 Å². The summed E-state index contributed by atoms with van der Waals surface area (Å²) in [6.45, 7) is 5.43. The molecule has 28 heavy (non-hydrogen) atoms. The second-order valence-corrected chi connectivity index (χ2v) is 6.99. The lowest BCUT2D eigenvalue weighted by Gasteiger charge is -2.33. The molecule has 0 atom stereocenters. The fourth-order valence-corrected chi connectivity index (χ4v) is 3.34. The van der Waals surface area contributed by atoms with Crippen LogP contribution in [0, 0.1) is 13.8 Å². The number of carbonyl (C=O) groups is 1. The standard InChI is InChI=1S/C18H23F3N6O/c1-12-9-13(2)27(25-12)8-5-17(28)24-14-3-6-26(7-4-14)16-10-15(18(19,20)21)22-11-23-16/h9-11,14H,3-8H2,1-2H3,(H,24,28). The SMILES string of the molecule is Cc1cc(C)n(CCC(=O)NC2CCN(c3cc(C(F)(F)F)ncn3)CC2)n1. The molecule has 0 aromatic carbocycles. The predicted molar refractivity (Wildman–Crippen MR) is 96.7 cm³/mol. The van der Waals surface area contributed by atoms with Gasteiger partial charge in [0.15, 0.2) is 0 Å². The van der Waals surface area contributed by atoms with Crippen LogP contribution >= 0.6 is 0 Å². The zero-order chi connectivity index (χ0) is 20.3. The van der Waals surface area contributed by atoms with Crippen LogP contribution in [0.1, 0.15) is 36.3 Å². The van der Waals surface area contributed by atoms with Crippen molar-refractivity contribution in [2.75, 3.05) is 18.0 Å². The van der Waals surface area contributed by atoms with Gasteiger partial charge in [0.1, 0.15) is 17.8 Å². The second kappa shape index (κ2) is 8.15. The van der Waals surface area contributed by atoms with Crippen molar-refractivity contribution in [2.24, 2.45) is 0 Å². The van der Waals surface area contributed by atoms with Crippen molar-refractivity contribution in [3.63, 3.8) is 0 Å². The molecule has 0 spiro atoms. The fourth-order valence-electron chi connectivity index (χ4n) is 3.34. The first-order valence-electron chi connectivity index (χ1n) is 9.17. The Hall–Kier alpha value is -2.65. The Morgan fingerprint density at radius 3 is 2.54 bits per heavy atom. The molecule has 0 bridgehead atoms. The molecule has 1 aliphatic rings. The molecule has 1 aliphatic heterocycles. The normalized spacial score (nSPS) is 15.7. The van der Waals surface area contributed by atoms with Crippen LogP contribution in [0.15, 0.2) is 18.5 Å². The lowest BCUT2D eigenvalue weighted by molar-refractivity contribution is -0.141. The van der Waals surface area contributed by atoms with Crippen molar-refractivity contribution >= 4 is 11.7 Å². The van der Waals surface area contributed by atoms with Gasteiger partial charge in [-0.1, -0.05) is 0 Å². The number of rotatable bonds is 5. The third-order valence-corrected chi connectivity index (χ3v) is 4.78. The van der Waals surface area contributed by atoms with Gasteiger partial charge >= 0.3 is 6.18 Å². The molecular formula is C18H23F3N6O. The highest BCUT2D eigenvalue weighted by Gasteiger charge is 2.33. The van der Waals surface area contributed by atoms with Gasteiger partial charge in [-0.15, -0.1) is 0 Å². The van der Waals surface area contributed by atoms with Crippen LogP contribution in [-0.4, -0.2) is 44.8 Å². The Kier molecular flexibility index (Phi) is 5.85. The van der Waals surface area contributed by atoms with Crippen LogP contribution in [-0.2, 0) is 17.5 Å². The van der Waals surface area contributed by atoms with Crippen LogP contribution in [0.4, 0.5) is 19.0 Å². The van der Waals surface area contributed by atoms with Gasteiger partial charge in [0.2, 0.25) is 5.91 Å². The highest BCUT2D eigenvalue weighted by Crippen LogP contribution is 2.29. The first-order valence-corrected chi connectivity index (χ1v) is 9.17. The number of amides is 1. The number of carbonyl (C=O) groups excluding carboxylic acids is 1. The van der Waals surface area contributed by atoms with Crippen molar-refractivity contribution in [3.8, 4) is 0 Å². The van der Waals surface area contributed by atoms with E-state index in [1.54, 1.807) is 4.90 Å². The molecule has 0 saturated carbocycles. The average Bonchev–Trinajstić information content (AvgIpc) is 2.97. The smallest absolute Gasteiger partial charge is 0.356 e. The van der Waals surface area contributed by atoms with Gasteiger partial charge in [0.25, 0.3) is 0 Å². The Labute approximate surface area is 161 Å². The number of aryl methyl sites for hydroxylation is 3. The molecule has 1 amide bonds. The van der Waals surface area contributed by atoms with Crippen molar-refractivity contribution in [1.29, 1.82) is 0 Å². The lowest BCUT2D eigenvalue weighted by atomic mass is 10.0. The Bertz CT molecular complexity index is 827. The van der Waals surface area contributed by atoms with E-state index in [9.17, 15) is 18.0 Å². The summed E-state index contributed by atoms with van der Waals surface area (Å²) in [5.74, 6) is 0.212. The molecule has 152 valence electrons. The van der Waals surface area contributed by atoms with E-state index in [-0.39, 0.29) is 17.8 Å². The fraction of sp³-hybridized carbons (Fsp3) is 0.556. The van der Waals surface area contributed by atoms with Gasteiger partial charge in [-0.3, -0.25) is 9.48 Å². The Morgan fingerprint density at radius 1 is 1.21 bits per heavy atom. The zero-order valence-electron chi connectivity index (χ0n) is 15.8. The lowest BCUT2D eigenvalue weighted by Crippen LogP contribution is -2.45. The molecule has 7 nitrogen and oxygen atoms in total. The number of halogens is 3. The van der Waals surface area contributed by atoms with Crippen LogP contribution < -0.4 is 10.2 Å². The molecule has 0 aliphatic carbocycles. The molecule has 0 radical (unpaired) electrons. The predicted octanol–water partition coefficient (Wildman–Crippen LogP) is 2.48. The maximum Gasteiger partial charge on any atom is 0.433 e. The van der Waals surface area contributed by atoms with E-state index in [2.05, 4.69) is 20.4 Å². The van der Waals surface area contributed by atoms with Crippen LogP contribution in [0.3, 0.4) is 0 Å². The molecule has 1 saturated heterocycles. The van der Waals surface area contributed by atoms with Gasteiger partial charge in [0, 0.05) is 43.9 Å². The van der Waals surface area contributed by atoms with Gasteiger partial charge < -0.3 is 10.2 Å². The minimum Gasteiger partial charge on any atom is -0.356 e. The van der Waals surface area contributed by atoms with Gasteiger partial charge in [0.05, 0.1) is 5.69 Å². The van der Waals surface area contributed by atoms with Gasteiger partial charge in [-0.05, 0) is 32.8 Å². The van der Waals surface area contributed by atoms with E-state index >= 15 is 0 Å². The highest BCUT2D eigenvalue weighted by molar-refractivity contribution is 5.76. The van der Waals surface area contributed by atoms with Crippen LogP contribution in [0.25, 0.3) is 0 Å². The number of piperidine rings is 1. The highest BCUT2D eigenvalue weighted by atomic mass is 19.4. The number of aromatic nitrogens is 4. The number of hydrogen-bond acceptors (Lipinski definition) is 5. The van der Waals surface area contributed by atoms with E-state index in [1.807, 2.05) is 24.6 Å². The minimum absolute atomic E-state index is 0.00753. The number of anilines is 1. The molecule has 2 aromatic rings. The largest absolute Gasteiger partial charge is 0.433 e. The average molecular weight is 396 g/mol. The summed E-state index contributed by atoms with van der Waals surface area (Å²) < 4.78 is 40.2. The summed E-state index contributed by atoms with van der Waals surface area (Å²) >= 11 is 0. The van der Waals surface area contributed by atoms with Gasteiger partial charge in [-0.25, -0.2) is 9.97 Å². The monoisotopic (exact) mass is 396 g/mol. The molecule has 1 fully saturated rings. The van der Waals surface area contributed by atoms with E-state index in [1.165, 1.54) is 0 Å². The maximum absolute atomic E-state index is 12.8. The number of hydrogen-bond donors (Lipinski definition) is 1. The maximum atomic E-state index is 12.8. The first-order chi connectivity index (χ1) is 13.2. The van der Waals surface area contributed by atoms with E-state index in [4.69, 9.17) is 0 Å². The topological polar surface area (TPSA) is 75.9 Å². The van der Waals surface area contributed by atoms with Crippen molar-refractivity contribution in [2.45, 2.75) is 51.9 Å². The van der Waals surface area contributed by atoms with Crippen molar-refractivity contribution in [1.82, 2.24) is 25.1 Å². The third-order valence-electron chi connectivity index (χ3n) is 4.78. The first kappa shape index (κ1) is 20.1. The van der Waals surface area contributed by atoms with Crippen molar-refractivity contribution < 1.29 is 18.0 Å². The van der Waals surface area contributed by atoms with Gasteiger partial charge in [-0.2, -0.15) is 18.3 Å². The Balaban J connectivity index is 1.47. The molecule has 1 N–H and O–H groups in total. The minimum atomic E-state index is -4.49. The summed E-state index contributed by atoms with van der Waals surface area (Å²) in [7, 11) is 0. The second-order valence-electron chi connectivity index (χ2n) is 6.99. The molecule has 0 unspecified atom stereocenters. The Morgan fingerprint density at radius 2 is 1.93 bits per heavy atom. The molecule has 2 aromatic heterocycles. The summed E-state index contributed by atoms with van der Waals surface area (Å²) in [6, 6.07) is 2.94. The zero-order valence-corrected chi connectivity index (χ0v) is 15.8. The number of nitrogens with zero attached hydrogens (tertiary/aromatic N) is 5. The van der Waals surface area contributed by atoms with Crippen molar-refractivity contribution in [3.05, 3.63) is 35.5 Å². The quantitative estimate of drug-likeness (QED) is 0.840. The third kappa shape index (κ3) is 4.99. The van der Waals surface area contributed by atoms with Crippen LogP contribution in [0.2, 0.25) is 0 Å². The molecule has 10 heteroatoms. The molecule has 3 rings (SSSR count). The number of nitrogens with one attached hydrogen (secondary N) is 1. The van der Waals surface area contributed by atoms with E-state index in [0.29, 0.717) is 38.9 Å². The van der Waals surface area contributed by atoms with E-state index in [0.717, 1.165) is 23.8 Å². The number of alkyl halides is 3. The van der Waals surface area contributed by atoms with Crippen LogP contribution in [0.5, 0.6) is 0 Å².